The first-order chi connectivity index (χ1) is 27.3. The lowest BCUT2D eigenvalue weighted by molar-refractivity contribution is 0.0401. The summed E-state index contributed by atoms with van der Waals surface area (Å²) in [6.45, 7) is 0. The van der Waals surface area contributed by atoms with Gasteiger partial charge >= 0.3 is 13.2 Å². The number of halogens is 17. The third-order valence-electron chi connectivity index (χ3n) is 9.12. The summed E-state index contributed by atoms with van der Waals surface area (Å²) in [5.41, 5.74) is -9.32. The minimum atomic E-state index is -5.42. The Morgan fingerprint density at radius 3 is 1.67 bits per heavy atom. The molecule has 8 rings (SSSR count). The van der Waals surface area contributed by atoms with Gasteiger partial charge in [0.15, 0.2) is 58.0 Å². The van der Waals surface area contributed by atoms with E-state index in [-0.39, 0.29) is 6.07 Å². The highest BCUT2D eigenvalue weighted by Gasteiger charge is 2.56. The van der Waals surface area contributed by atoms with Crippen molar-refractivity contribution in [1.29, 1.82) is 0 Å². The van der Waals surface area contributed by atoms with Gasteiger partial charge in [0.1, 0.15) is 34.8 Å². The van der Waals surface area contributed by atoms with Gasteiger partial charge in [0.05, 0.1) is 27.3 Å². The van der Waals surface area contributed by atoms with Crippen molar-refractivity contribution in [2.24, 2.45) is 0 Å². The summed E-state index contributed by atoms with van der Waals surface area (Å²) in [4.78, 5) is 0. The normalized spacial score (nSPS) is 13.1. The molecule has 7 aromatic carbocycles. The van der Waals surface area contributed by atoms with Crippen LogP contribution in [0.15, 0.2) is 48.5 Å². The van der Waals surface area contributed by atoms with E-state index in [0.717, 1.165) is 12.1 Å². The number of hydrogen-bond donors (Lipinski definition) is 0. The van der Waals surface area contributed by atoms with Crippen LogP contribution in [0.4, 0.5) is 74.6 Å². The van der Waals surface area contributed by atoms with E-state index in [1.165, 1.54) is 0 Å². The fourth-order valence-electron chi connectivity index (χ4n) is 6.67. The second-order valence-corrected chi connectivity index (χ2v) is 12.3. The molecule has 58 heavy (non-hydrogen) atoms. The standard InChI is InChI=1S/C37H8BF17O3/c39-10-7-11-16(5-4-14(41)18(11)15(42)8-10)56-38(57-35-12-6-9-2-1-3-13(40)17(9)24(43)19(12)25(44)30(49)33(35)52)58-36-23-21(27(46)31(50)34(36)53)20-22(37(23,54)55)28(47)32(51)29(48)26(20)45/h1-8H. The molecule has 0 aromatic heterocycles. The SMILES string of the molecule is Fc1cc(F)c2c(F)ccc(OB(Oc3c(F)c(F)c(F)c4c3C(F)(F)c3c(F)c(F)c(F)c(F)c3-4)Oc3c(F)c(F)c(F)c4c(F)c5c(F)cccc5cc34)c2c1. The molecule has 0 spiro atoms. The minimum absolute atomic E-state index is 0.161. The van der Waals surface area contributed by atoms with Crippen LogP contribution in [0, 0.1) is 87.3 Å². The third-order valence-corrected chi connectivity index (χ3v) is 9.12. The topological polar surface area (TPSA) is 27.7 Å². The molecule has 0 aliphatic heterocycles. The Balaban J connectivity index is 1.40. The van der Waals surface area contributed by atoms with E-state index in [0.29, 0.717) is 30.3 Å². The van der Waals surface area contributed by atoms with Crippen molar-refractivity contribution in [2.75, 3.05) is 0 Å². The fourth-order valence-corrected chi connectivity index (χ4v) is 6.67. The van der Waals surface area contributed by atoms with Crippen LogP contribution in [0.3, 0.4) is 0 Å². The highest BCUT2D eigenvalue weighted by atomic mass is 19.3. The van der Waals surface area contributed by atoms with E-state index in [9.17, 15) is 35.1 Å². The maximum atomic E-state index is 16.0. The van der Waals surface area contributed by atoms with Gasteiger partial charge in [0.2, 0.25) is 11.6 Å². The summed E-state index contributed by atoms with van der Waals surface area (Å²) in [6, 6.07) is 4.59. The summed E-state index contributed by atoms with van der Waals surface area (Å²) in [7, 11) is -3.40. The fraction of sp³-hybridized carbons (Fsp3) is 0.0270. The smallest absolute Gasteiger partial charge is 0.489 e. The minimum Gasteiger partial charge on any atom is -0.489 e. The van der Waals surface area contributed by atoms with Gasteiger partial charge in [-0.25, -0.2) is 57.1 Å². The first-order valence-corrected chi connectivity index (χ1v) is 15.7. The van der Waals surface area contributed by atoms with Crippen LogP contribution >= 0.6 is 0 Å². The molecule has 21 heteroatoms. The van der Waals surface area contributed by atoms with E-state index in [1.807, 2.05) is 0 Å². The van der Waals surface area contributed by atoms with Crippen molar-refractivity contribution < 1.29 is 88.6 Å². The van der Waals surface area contributed by atoms with Crippen molar-refractivity contribution in [3.8, 4) is 28.4 Å². The molecule has 1 aliphatic rings. The Kier molecular flexibility index (Phi) is 8.67. The maximum absolute atomic E-state index is 16.0. The summed E-state index contributed by atoms with van der Waals surface area (Å²) in [5.74, 6) is -45.6. The zero-order valence-electron chi connectivity index (χ0n) is 27.3. The Morgan fingerprint density at radius 1 is 0.414 bits per heavy atom. The molecule has 3 nitrogen and oxygen atoms in total. The van der Waals surface area contributed by atoms with E-state index in [4.69, 9.17) is 14.0 Å². The molecule has 296 valence electrons. The average Bonchev–Trinajstić information content (AvgIpc) is 3.42. The summed E-state index contributed by atoms with van der Waals surface area (Å²) < 4.78 is 272. The van der Waals surface area contributed by atoms with Crippen molar-refractivity contribution in [2.45, 2.75) is 5.92 Å². The van der Waals surface area contributed by atoms with E-state index < -0.39 is 172 Å². The second kappa shape index (κ2) is 13.1. The molecule has 0 amide bonds. The summed E-state index contributed by atoms with van der Waals surface area (Å²) in [5, 5.41) is -6.34. The lowest BCUT2D eigenvalue weighted by Crippen LogP contribution is -2.38. The molecule has 7 aromatic rings. The van der Waals surface area contributed by atoms with Crippen LogP contribution in [0.5, 0.6) is 17.2 Å². The van der Waals surface area contributed by atoms with Crippen LogP contribution in [0.25, 0.3) is 43.4 Å². The van der Waals surface area contributed by atoms with Crippen LogP contribution in [0.1, 0.15) is 11.1 Å². The van der Waals surface area contributed by atoms with Gasteiger partial charge in [-0.3, -0.25) is 0 Å². The van der Waals surface area contributed by atoms with Crippen molar-refractivity contribution in [3.05, 3.63) is 147 Å². The van der Waals surface area contributed by atoms with E-state index >= 15 is 39.5 Å². The predicted molar refractivity (Wildman–Crippen MR) is 167 cm³/mol. The number of benzene rings is 7. The molecule has 0 saturated carbocycles. The van der Waals surface area contributed by atoms with E-state index in [1.54, 1.807) is 0 Å². The summed E-state index contributed by atoms with van der Waals surface area (Å²) in [6.07, 6.45) is 0. The molecule has 0 atom stereocenters. The predicted octanol–water partition coefficient (Wildman–Crippen LogP) is 11.9. The number of hydrogen-bond acceptors (Lipinski definition) is 3. The van der Waals surface area contributed by atoms with Crippen molar-refractivity contribution >= 4 is 39.6 Å². The van der Waals surface area contributed by atoms with Crippen LogP contribution < -0.4 is 14.0 Å². The summed E-state index contributed by atoms with van der Waals surface area (Å²) >= 11 is 0. The number of fused-ring (bicyclic) bond motifs is 6. The second-order valence-electron chi connectivity index (χ2n) is 12.3. The lowest BCUT2D eigenvalue weighted by Gasteiger charge is -2.23. The first-order valence-electron chi connectivity index (χ1n) is 15.7. The quantitative estimate of drug-likeness (QED) is 0.0549. The Hall–Kier alpha value is -6.41. The van der Waals surface area contributed by atoms with Crippen LogP contribution in [-0.4, -0.2) is 7.32 Å². The van der Waals surface area contributed by atoms with Gasteiger partial charge < -0.3 is 14.0 Å². The molecule has 0 heterocycles. The molecule has 0 radical (unpaired) electrons. The molecule has 0 N–H and O–H groups in total. The van der Waals surface area contributed by atoms with Gasteiger partial charge in [-0.2, -0.15) is 17.6 Å². The van der Waals surface area contributed by atoms with Crippen LogP contribution in [0.2, 0.25) is 0 Å². The van der Waals surface area contributed by atoms with Gasteiger partial charge in [-0.1, -0.05) is 12.1 Å². The maximum Gasteiger partial charge on any atom is 0.864 e. The van der Waals surface area contributed by atoms with Crippen molar-refractivity contribution in [1.82, 2.24) is 0 Å². The van der Waals surface area contributed by atoms with Gasteiger partial charge in [0.25, 0.3) is 0 Å². The molecule has 1 aliphatic carbocycles. The largest absolute Gasteiger partial charge is 0.864 e. The van der Waals surface area contributed by atoms with Crippen molar-refractivity contribution in [3.63, 3.8) is 0 Å². The number of alkyl halides is 2. The molecule has 0 saturated heterocycles. The highest BCUT2D eigenvalue weighted by molar-refractivity contribution is 6.40. The Bertz CT molecular complexity index is 2990. The Morgan fingerprint density at radius 2 is 0.983 bits per heavy atom. The molecular formula is C37H8BF17O3. The highest BCUT2D eigenvalue weighted by Crippen LogP contribution is 2.58. The first kappa shape index (κ1) is 38.5. The Labute approximate surface area is 309 Å². The zero-order chi connectivity index (χ0) is 42.0. The van der Waals surface area contributed by atoms with Gasteiger partial charge in [0, 0.05) is 28.0 Å². The van der Waals surface area contributed by atoms with Crippen LogP contribution in [-0.2, 0) is 5.92 Å². The molecule has 0 unspecified atom stereocenters. The monoisotopic (exact) mass is 834 g/mol. The molecule has 0 fully saturated rings. The number of rotatable bonds is 6. The van der Waals surface area contributed by atoms with Gasteiger partial charge in [-0.05, 0) is 35.7 Å². The average molecular weight is 834 g/mol. The molecular weight excluding hydrogens is 826 g/mol. The lowest BCUT2D eigenvalue weighted by atomic mass is 9.99. The van der Waals surface area contributed by atoms with Gasteiger partial charge in [-0.15, -0.1) is 0 Å². The molecule has 0 bridgehead atoms. The zero-order valence-corrected chi connectivity index (χ0v) is 27.3. The third kappa shape index (κ3) is 5.30. The van der Waals surface area contributed by atoms with E-state index in [2.05, 4.69) is 0 Å².